The number of hydrogen-bond acceptors (Lipinski definition) is 4. The number of para-hydroxylation sites is 2. The van der Waals surface area contributed by atoms with Crippen LogP contribution in [0.5, 0.6) is 0 Å². The molecule has 0 N–H and O–H groups in total. The van der Waals surface area contributed by atoms with Gasteiger partial charge in [0.05, 0.1) is 0 Å². The van der Waals surface area contributed by atoms with Gasteiger partial charge in [-0.1, -0.05) is 127 Å². The zero-order chi connectivity index (χ0) is 36.7. The van der Waals surface area contributed by atoms with Crippen molar-refractivity contribution in [3.8, 4) is 22.3 Å². The van der Waals surface area contributed by atoms with Crippen molar-refractivity contribution >= 4 is 103 Å². The average molecular weight is 734 g/mol. The van der Waals surface area contributed by atoms with Crippen molar-refractivity contribution in [3.63, 3.8) is 0 Å². The van der Waals surface area contributed by atoms with Gasteiger partial charge in [-0.05, 0) is 82.7 Å². The van der Waals surface area contributed by atoms with E-state index in [0.29, 0.717) is 0 Å². The van der Waals surface area contributed by atoms with Crippen molar-refractivity contribution in [2.24, 2.45) is 0 Å². The number of rotatable bonds is 5. The molecule has 0 spiro atoms. The molecule has 0 aliphatic heterocycles. The van der Waals surface area contributed by atoms with Crippen molar-refractivity contribution in [2.75, 3.05) is 4.90 Å². The molecule has 0 aliphatic carbocycles. The highest BCUT2D eigenvalue weighted by Crippen LogP contribution is 2.46. The fourth-order valence-electron chi connectivity index (χ4n) is 8.62. The van der Waals surface area contributed by atoms with Crippen molar-refractivity contribution in [2.45, 2.75) is 0 Å². The maximum absolute atomic E-state index is 6.80. The summed E-state index contributed by atoms with van der Waals surface area (Å²) in [4.78, 5) is 2.37. The quantitative estimate of drug-likeness (QED) is 0.176. The first-order valence-corrected chi connectivity index (χ1v) is 19.7. The van der Waals surface area contributed by atoms with E-state index in [2.05, 4.69) is 181 Å². The molecule has 262 valence electrons. The Labute approximate surface area is 325 Å². The van der Waals surface area contributed by atoms with E-state index < -0.39 is 0 Å². The van der Waals surface area contributed by atoms with Crippen LogP contribution >= 0.6 is 11.3 Å². The summed E-state index contributed by atoms with van der Waals surface area (Å²) in [7, 11) is 0. The maximum atomic E-state index is 6.80. The van der Waals surface area contributed by atoms with E-state index in [4.69, 9.17) is 8.83 Å². The molecule has 0 aliphatic rings. The van der Waals surface area contributed by atoms with Gasteiger partial charge in [-0.15, -0.1) is 11.3 Å². The molecule has 0 fully saturated rings. The highest BCUT2D eigenvalue weighted by atomic mass is 32.1. The number of nitrogens with zero attached hydrogens (tertiary/aromatic N) is 1. The zero-order valence-electron chi connectivity index (χ0n) is 30.1. The van der Waals surface area contributed by atoms with E-state index in [0.717, 1.165) is 77.5 Å². The molecule has 0 amide bonds. The van der Waals surface area contributed by atoms with Crippen LogP contribution in [0.4, 0.5) is 17.1 Å². The molecule has 12 aromatic rings. The Kier molecular flexibility index (Phi) is 6.80. The summed E-state index contributed by atoms with van der Waals surface area (Å²) in [5.41, 5.74) is 11.5. The highest BCUT2D eigenvalue weighted by Gasteiger charge is 2.20. The van der Waals surface area contributed by atoms with E-state index in [9.17, 15) is 0 Å². The number of furan rings is 2. The number of hydrogen-bond donors (Lipinski definition) is 0. The minimum absolute atomic E-state index is 0.905. The normalized spacial score (nSPS) is 11.9. The third-order valence-electron chi connectivity index (χ3n) is 11.3. The summed E-state index contributed by atoms with van der Waals surface area (Å²) in [6, 6.07) is 67.2. The molecule has 0 saturated heterocycles. The van der Waals surface area contributed by atoms with Gasteiger partial charge in [0.2, 0.25) is 0 Å². The van der Waals surface area contributed by atoms with Crippen molar-refractivity contribution in [3.05, 3.63) is 188 Å². The predicted octanol–water partition coefficient (Wildman–Crippen LogP) is 15.8. The first-order valence-electron chi connectivity index (χ1n) is 18.9. The molecule has 0 radical (unpaired) electrons. The van der Waals surface area contributed by atoms with Gasteiger partial charge >= 0.3 is 0 Å². The Morgan fingerprint density at radius 1 is 0.357 bits per heavy atom. The summed E-state index contributed by atoms with van der Waals surface area (Å²) in [6.45, 7) is 0. The molecule has 0 saturated carbocycles. The van der Waals surface area contributed by atoms with Crippen LogP contribution in [-0.4, -0.2) is 0 Å². The molecular formula is C52H31NO2S. The fraction of sp³-hybridized carbons (Fsp3) is 0. The lowest BCUT2D eigenvalue weighted by atomic mass is 10.0. The summed E-state index contributed by atoms with van der Waals surface area (Å²) in [6.07, 6.45) is 0. The first-order chi connectivity index (χ1) is 27.7. The Bertz CT molecular complexity index is 3480. The molecule has 9 aromatic carbocycles. The third kappa shape index (κ3) is 4.76. The summed E-state index contributed by atoms with van der Waals surface area (Å²) in [5, 5.41) is 9.28. The lowest BCUT2D eigenvalue weighted by molar-refractivity contribution is 0.670. The van der Waals surface area contributed by atoms with Crippen molar-refractivity contribution in [1.82, 2.24) is 0 Å². The van der Waals surface area contributed by atoms with Gasteiger partial charge in [0.25, 0.3) is 0 Å². The summed E-state index contributed by atoms with van der Waals surface area (Å²) in [5.74, 6) is 0. The van der Waals surface area contributed by atoms with Gasteiger partial charge < -0.3 is 13.7 Å². The topological polar surface area (TPSA) is 29.5 Å². The van der Waals surface area contributed by atoms with Gasteiger partial charge in [0.15, 0.2) is 0 Å². The van der Waals surface area contributed by atoms with E-state index in [-0.39, 0.29) is 0 Å². The van der Waals surface area contributed by atoms with E-state index in [1.54, 1.807) is 0 Å². The largest absolute Gasteiger partial charge is 0.455 e. The maximum Gasteiger partial charge on any atom is 0.144 e. The first kappa shape index (κ1) is 31.2. The molecule has 4 heteroatoms. The Morgan fingerprint density at radius 3 is 1.95 bits per heavy atom. The lowest BCUT2D eigenvalue weighted by Crippen LogP contribution is -2.09. The van der Waals surface area contributed by atoms with Crippen LogP contribution in [-0.2, 0) is 0 Å². The van der Waals surface area contributed by atoms with Crippen LogP contribution in [0.25, 0.3) is 97.1 Å². The number of benzene rings is 9. The molecule has 3 heterocycles. The smallest absolute Gasteiger partial charge is 0.144 e. The van der Waals surface area contributed by atoms with Crippen LogP contribution in [0.2, 0.25) is 0 Å². The fourth-order valence-corrected chi connectivity index (χ4v) is 9.75. The zero-order valence-corrected chi connectivity index (χ0v) is 30.9. The number of thiophene rings is 1. The molecular weight excluding hydrogens is 703 g/mol. The minimum Gasteiger partial charge on any atom is -0.455 e. The molecule has 12 rings (SSSR count). The second kappa shape index (κ2) is 12.2. The van der Waals surface area contributed by atoms with Gasteiger partial charge in [0, 0.05) is 69.7 Å². The van der Waals surface area contributed by atoms with Crippen LogP contribution in [0.15, 0.2) is 197 Å². The summed E-state index contributed by atoms with van der Waals surface area (Å²) < 4.78 is 15.7. The molecule has 0 atom stereocenters. The second-order valence-corrected chi connectivity index (χ2v) is 15.5. The van der Waals surface area contributed by atoms with Gasteiger partial charge in [-0.2, -0.15) is 0 Å². The third-order valence-corrected chi connectivity index (χ3v) is 12.4. The summed E-state index contributed by atoms with van der Waals surface area (Å²) >= 11 is 1.82. The van der Waals surface area contributed by atoms with E-state index in [1.807, 2.05) is 23.5 Å². The van der Waals surface area contributed by atoms with Crippen LogP contribution < -0.4 is 4.90 Å². The van der Waals surface area contributed by atoms with E-state index in [1.165, 1.54) is 36.7 Å². The van der Waals surface area contributed by atoms with E-state index >= 15 is 0 Å². The molecule has 0 unspecified atom stereocenters. The molecule has 56 heavy (non-hydrogen) atoms. The van der Waals surface area contributed by atoms with Crippen molar-refractivity contribution in [1.29, 1.82) is 0 Å². The Hall–Kier alpha value is -7.14. The van der Waals surface area contributed by atoms with Gasteiger partial charge in [-0.25, -0.2) is 0 Å². The molecule has 3 nitrogen and oxygen atoms in total. The lowest BCUT2D eigenvalue weighted by Gasteiger charge is -2.26. The molecule has 0 bridgehead atoms. The molecule has 3 aromatic heterocycles. The number of anilines is 3. The van der Waals surface area contributed by atoms with Gasteiger partial charge in [-0.3, -0.25) is 0 Å². The Morgan fingerprint density at radius 2 is 1.04 bits per heavy atom. The highest BCUT2D eigenvalue weighted by molar-refractivity contribution is 7.26. The van der Waals surface area contributed by atoms with Crippen LogP contribution in [0.1, 0.15) is 0 Å². The standard InChI is InChI=1S/C52H31NO2S/c1-2-10-32(11-3-1)35-13-8-14-37(30-35)53(36-23-20-34(21-24-36)40-17-9-18-42-41-16-6-7-19-46(41)54-50(40)42)38-25-27-45-48(31-38)56-47-29-28-44-43-26-22-33-12-4-5-15-39(33)51(43)55-52(44)49(45)47/h1-31H. The van der Waals surface area contributed by atoms with Crippen LogP contribution in [0, 0.1) is 0 Å². The number of fused-ring (bicyclic) bond motifs is 12. The average Bonchev–Trinajstić information content (AvgIpc) is 3.96. The second-order valence-electron chi connectivity index (χ2n) is 14.4. The van der Waals surface area contributed by atoms with Crippen LogP contribution in [0.3, 0.4) is 0 Å². The Balaban J connectivity index is 1.02. The monoisotopic (exact) mass is 733 g/mol. The van der Waals surface area contributed by atoms with Gasteiger partial charge in [0.1, 0.15) is 22.3 Å². The SMILES string of the molecule is c1ccc(-c2cccc(N(c3ccc(-c4cccc5c4oc4ccccc45)cc3)c3ccc4c(c3)sc3ccc5c6ccc7ccccc7c6oc5c34)c2)cc1. The predicted molar refractivity (Wildman–Crippen MR) is 237 cm³/mol. The van der Waals surface area contributed by atoms with Crippen molar-refractivity contribution < 1.29 is 8.83 Å². The minimum atomic E-state index is 0.905.